The molecule has 0 unspecified atom stereocenters. The summed E-state index contributed by atoms with van der Waals surface area (Å²) in [6.45, 7) is 11.1. The first kappa shape index (κ1) is 13.1. The van der Waals surface area contributed by atoms with Gasteiger partial charge in [0.1, 0.15) is 5.75 Å². The molecule has 0 N–H and O–H groups in total. The minimum absolute atomic E-state index is 0.513. The molecule has 0 aliphatic heterocycles. The SMILES string of the molecule is CCc1cc(C(C)C)cc(C(C)C)c1OC. The smallest absolute Gasteiger partial charge is 0.125 e. The van der Waals surface area contributed by atoms with Gasteiger partial charge in [-0.1, -0.05) is 46.8 Å². The zero-order valence-electron chi connectivity index (χ0n) is 11.4. The third-order valence-electron chi connectivity index (χ3n) is 3.09. The lowest BCUT2D eigenvalue weighted by molar-refractivity contribution is 0.402. The lowest BCUT2D eigenvalue weighted by atomic mass is 9.91. The predicted molar refractivity (Wildman–Crippen MR) is 70.6 cm³/mol. The van der Waals surface area contributed by atoms with Crippen molar-refractivity contribution >= 4 is 0 Å². The van der Waals surface area contributed by atoms with Crippen LogP contribution < -0.4 is 4.74 Å². The monoisotopic (exact) mass is 220 g/mol. The minimum Gasteiger partial charge on any atom is -0.496 e. The number of benzene rings is 1. The van der Waals surface area contributed by atoms with E-state index in [1.165, 1.54) is 16.7 Å². The van der Waals surface area contributed by atoms with Gasteiger partial charge in [0.05, 0.1) is 7.11 Å². The molecule has 16 heavy (non-hydrogen) atoms. The van der Waals surface area contributed by atoms with Gasteiger partial charge in [-0.3, -0.25) is 0 Å². The van der Waals surface area contributed by atoms with E-state index < -0.39 is 0 Å². The van der Waals surface area contributed by atoms with Crippen LogP contribution in [-0.2, 0) is 6.42 Å². The average Bonchev–Trinajstić information content (AvgIpc) is 2.26. The molecular formula is C15H24O. The van der Waals surface area contributed by atoms with Gasteiger partial charge in [0.25, 0.3) is 0 Å². The summed E-state index contributed by atoms with van der Waals surface area (Å²) in [5.41, 5.74) is 4.09. The highest BCUT2D eigenvalue weighted by molar-refractivity contribution is 5.47. The maximum absolute atomic E-state index is 5.56. The van der Waals surface area contributed by atoms with Gasteiger partial charge >= 0.3 is 0 Å². The van der Waals surface area contributed by atoms with Crippen LogP contribution in [0.1, 0.15) is 63.1 Å². The number of hydrogen-bond donors (Lipinski definition) is 0. The Morgan fingerprint density at radius 3 is 2.06 bits per heavy atom. The molecule has 0 saturated carbocycles. The lowest BCUT2D eigenvalue weighted by Crippen LogP contribution is -2.02. The van der Waals surface area contributed by atoms with E-state index in [1.54, 1.807) is 7.11 Å². The fourth-order valence-electron chi connectivity index (χ4n) is 2.01. The van der Waals surface area contributed by atoms with Gasteiger partial charge in [-0.05, 0) is 34.9 Å². The van der Waals surface area contributed by atoms with Crippen LogP contribution in [0.4, 0.5) is 0 Å². The third-order valence-corrected chi connectivity index (χ3v) is 3.09. The maximum Gasteiger partial charge on any atom is 0.125 e. The molecule has 1 heteroatoms. The van der Waals surface area contributed by atoms with E-state index in [2.05, 4.69) is 46.8 Å². The van der Waals surface area contributed by atoms with Crippen molar-refractivity contribution in [1.82, 2.24) is 0 Å². The molecular weight excluding hydrogens is 196 g/mol. The summed E-state index contributed by atoms with van der Waals surface area (Å²) in [4.78, 5) is 0. The van der Waals surface area contributed by atoms with Gasteiger partial charge in [-0.15, -0.1) is 0 Å². The molecule has 1 rings (SSSR count). The Hall–Kier alpha value is -0.980. The Balaban J connectivity index is 3.37. The molecule has 0 amide bonds. The van der Waals surface area contributed by atoms with Crippen LogP contribution in [0.5, 0.6) is 5.75 Å². The normalized spacial score (nSPS) is 11.2. The summed E-state index contributed by atoms with van der Waals surface area (Å²) in [5, 5.41) is 0. The average molecular weight is 220 g/mol. The first-order valence-corrected chi connectivity index (χ1v) is 6.21. The van der Waals surface area contributed by atoms with Crippen molar-refractivity contribution in [2.24, 2.45) is 0 Å². The molecule has 0 atom stereocenters. The molecule has 0 saturated heterocycles. The zero-order chi connectivity index (χ0) is 12.3. The molecule has 0 bridgehead atoms. The zero-order valence-corrected chi connectivity index (χ0v) is 11.4. The number of rotatable bonds is 4. The Kier molecular flexibility index (Phi) is 4.40. The summed E-state index contributed by atoms with van der Waals surface area (Å²) in [7, 11) is 1.77. The van der Waals surface area contributed by atoms with E-state index in [0.717, 1.165) is 12.2 Å². The Morgan fingerprint density at radius 1 is 1.06 bits per heavy atom. The van der Waals surface area contributed by atoms with Crippen LogP contribution in [0.25, 0.3) is 0 Å². The molecule has 90 valence electrons. The van der Waals surface area contributed by atoms with Gasteiger partial charge in [-0.25, -0.2) is 0 Å². The van der Waals surface area contributed by atoms with E-state index >= 15 is 0 Å². The second-order valence-electron chi connectivity index (χ2n) is 4.97. The molecule has 0 fully saturated rings. The molecule has 0 aromatic heterocycles. The summed E-state index contributed by atoms with van der Waals surface area (Å²) >= 11 is 0. The molecule has 1 aromatic rings. The van der Waals surface area contributed by atoms with Crippen molar-refractivity contribution in [3.05, 3.63) is 28.8 Å². The molecule has 0 heterocycles. The Bertz CT molecular complexity index is 351. The number of hydrogen-bond acceptors (Lipinski definition) is 1. The van der Waals surface area contributed by atoms with E-state index in [4.69, 9.17) is 4.74 Å². The standard InChI is InChI=1S/C15H24O/c1-7-12-8-13(10(2)3)9-14(11(4)5)15(12)16-6/h8-11H,7H2,1-6H3. The fraction of sp³-hybridized carbons (Fsp3) is 0.600. The lowest BCUT2D eigenvalue weighted by Gasteiger charge is -2.19. The van der Waals surface area contributed by atoms with E-state index in [-0.39, 0.29) is 0 Å². The molecule has 0 radical (unpaired) electrons. The van der Waals surface area contributed by atoms with Crippen LogP contribution in [0, 0.1) is 0 Å². The van der Waals surface area contributed by atoms with E-state index in [9.17, 15) is 0 Å². The highest BCUT2D eigenvalue weighted by atomic mass is 16.5. The van der Waals surface area contributed by atoms with Crippen LogP contribution >= 0.6 is 0 Å². The predicted octanol–water partition coefficient (Wildman–Crippen LogP) is 4.50. The third kappa shape index (κ3) is 2.58. The highest BCUT2D eigenvalue weighted by Gasteiger charge is 2.14. The van der Waals surface area contributed by atoms with Gasteiger partial charge in [0.2, 0.25) is 0 Å². The van der Waals surface area contributed by atoms with E-state index in [1.807, 2.05) is 0 Å². The Morgan fingerprint density at radius 2 is 1.69 bits per heavy atom. The fourth-order valence-corrected chi connectivity index (χ4v) is 2.01. The van der Waals surface area contributed by atoms with Crippen molar-refractivity contribution in [1.29, 1.82) is 0 Å². The minimum atomic E-state index is 0.513. The highest BCUT2D eigenvalue weighted by Crippen LogP contribution is 2.33. The van der Waals surface area contributed by atoms with Crippen LogP contribution in [0.15, 0.2) is 12.1 Å². The first-order valence-electron chi connectivity index (χ1n) is 6.21. The van der Waals surface area contributed by atoms with Crippen molar-refractivity contribution < 1.29 is 4.74 Å². The second kappa shape index (κ2) is 5.38. The number of aryl methyl sites for hydroxylation is 1. The van der Waals surface area contributed by atoms with Gasteiger partial charge < -0.3 is 4.74 Å². The molecule has 0 spiro atoms. The van der Waals surface area contributed by atoms with Gasteiger partial charge in [-0.2, -0.15) is 0 Å². The molecule has 1 nitrogen and oxygen atoms in total. The topological polar surface area (TPSA) is 9.23 Å². The van der Waals surface area contributed by atoms with Crippen molar-refractivity contribution in [3.63, 3.8) is 0 Å². The van der Waals surface area contributed by atoms with Crippen LogP contribution in [-0.4, -0.2) is 7.11 Å². The molecule has 0 aliphatic carbocycles. The maximum atomic E-state index is 5.56. The van der Waals surface area contributed by atoms with Crippen molar-refractivity contribution in [2.45, 2.75) is 52.9 Å². The van der Waals surface area contributed by atoms with Gasteiger partial charge in [0, 0.05) is 0 Å². The first-order chi connectivity index (χ1) is 7.51. The molecule has 0 aliphatic rings. The van der Waals surface area contributed by atoms with Crippen LogP contribution in [0.3, 0.4) is 0 Å². The van der Waals surface area contributed by atoms with Gasteiger partial charge in [0.15, 0.2) is 0 Å². The number of ether oxygens (including phenoxy) is 1. The second-order valence-corrected chi connectivity index (χ2v) is 4.97. The summed E-state index contributed by atoms with van der Waals surface area (Å²) in [6.07, 6.45) is 1.03. The number of methoxy groups -OCH3 is 1. The summed E-state index contributed by atoms with van der Waals surface area (Å²) < 4.78 is 5.56. The quantitative estimate of drug-likeness (QED) is 0.725. The van der Waals surface area contributed by atoms with Crippen LogP contribution in [0.2, 0.25) is 0 Å². The Labute approximate surface area is 99.8 Å². The largest absolute Gasteiger partial charge is 0.496 e. The summed E-state index contributed by atoms with van der Waals surface area (Å²) in [6, 6.07) is 4.59. The van der Waals surface area contributed by atoms with E-state index in [0.29, 0.717) is 11.8 Å². The van der Waals surface area contributed by atoms with Crippen molar-refractivity contribution in [3.8, 4) is 5.75 Å². The summed E-state index contributed by atoms with van der Waals surface area (Å²) in [5.74, 6) is 2.18. The molecule has 1 aromatic carbocycles. The van der Waals surface area contributed by atoms with Crippen molar-refractivity contribution in [2.75, 3.05) is 7.11 Å².